The van der Waals surface area contributed by atoms with Crippen molar-refractivity contribution in [1.82, 2.24) is 14.7 Å². The van der Waals surface area contributed by atoms with Crippen LogP contribution in [0.15, 0.2) is 73.1 Å². The molecule has 1 amide bonds. The predicted octanol–water partition coefficient (Wildman–Crippen LogP) is 4.39. The Balaban J connectivity index is 1.47. The van der Waals surface area contributed by atoms with Crippen molar-refractivity contribution in [2.45, 2.75) is 18.9 Å². The summed E-state index contributed by atoms with van der Waals surface area (Å²) in [5, 5.41) is 4.34. The fraction of sp³-hybridized carbons (Fsp3) is 0.182. The molecule has 136 valence electrons. The van der Waals surface area contributed by atoms with E-state index in [1.54, 1.807) is 35.2 Å². The molecule has 1 aliphatic heterocycles. The maximum atomic E-state index is 13.2. The number of halogens is 1. The zero-order chi connectivity index (χ0) is 18.6. The van der Waals surface area contributed by atoms with Gasteiger partial charge in [0.15, 0.2) is 0 Å². The van der Waals surface area contributed by atoms with Crippen molar-refractivity contribution >= 4 is 12.0 Å². The molecular weight excluding hydrogens is 341 g/mol. The van der Waals surface area contributed by atoms with Gasteiger partial charge in [-0.25, -0.2) is 9.07 Å². The minimum atomic E-state index is -0.259. The van der Waals surface area contributed by atoms with Gasteiger partial charge in [0.25, 0.3) is 0 Å². The Kier molecular flexibility index (Phi) is 4.83. The Morgan fingerprint density at radius 1 is 1.11 bits per heavy atom. The van der Waals surface area contributed by atoms with E-state index in [9.17, 15) is 9.18 Å². The molecule has 2 aromatic carbocycles. The first-order valence-electron chi connectivity index (χ1n) is 9.05. The zero-order valence-electron chi connectivity index (χ0n) is 14.8. The number of nitrogens with zero attached hydrogens (tertiary/aromatic N) is 3. The fourth-order valence-electron chi connectivity index (χ4n) is 3.47. The van der Waals surface area contributed by atoms with Gasteiger partial charge in [0.1, 0.15) is 5.82 Å². The van der Waals surface area contributed by atoms with Crippen LogP contribution >= 0.6 is 0 Å². The monoisotopic (exact) mass is 361 g/mol. The molecule has 1 aliphatic rings. The molecule has 4 nitrogen and oxygen atoms in total. The van der Waals surface area contributed by atoms with Gasteiger partial charge in [-0.1, -0.05) is 30.3 Å². The van der Waals surface area contributed by atoms with Crippen molar-refractivity contribution < 1.29 is 9.18 Å². The third kappa shape index (κ3) is 3.82. The molecule has 0 bridgehead atoms. The average Bonchev–Trinajstić information content (AvgIpc) is 3.37. The molecule has 0 radical (unpaired) electrons. The molecule has 3 aromatic rings. The molecule has 1 unspecified atom stereocenters. The third-order valence-electron chi connectivity index (χ3n) is 4.83. The molecule has 5 heteroatoms. The molecule has 0 saturated carbocycles. The molecule has 0 aliphatic carbocycles. The highest BCUT2D eigenvalue weighted by molar-refractivity contribution is 5.92. The van der Waals surface area contributed by atoms with E-state index in [0.717, 1.165) is 29.7 Å². The van der Waals surface area contributed by atoms with Crippen molar-refractivity contribution in [3.05, 3.63) is 90.0 Å². The Morgan fingerprint density at radius 2 is 1.89 bits per heavy atom. The molecule has 1 saturated heterocycles. The van der Waals surface area contributed by atoms with Crippen LogP contribution in [-0.4, -0.2) is 27.1 Å². The van der Waals surface area contributed by atoms with Crippen LogP contribution in [-0.2, 0) is 4.79 Å². The molecule has 1 atom stereocenters. The second-order valence-corrected chi connectivity index (χ2v) is 6.63. The smallest absolute Gasteiger partial charge is 0.247 e. The Labute approximate surface area is 157 Å². The highest BCUT2D eigenvalue weighted by atomic mass is 19.1. The summed E-state index contributed by atoms with van der Waals surface area (Å²) < 4.78 is 14.9. The molecular formula is C22H20FN3O. The maximum absolute atomic E-state index is 13.2. The van der Waals surface area contributed by atoms with E-state index in [1.165, 1.54) is 12.1 Å². The van der Waals surface area contributed by atoms with E-state index in [0.29, 0.717) is 6.54 Å². The van der Waals surface area contributed by atoms with Gasteiger partial charge in [0.05, 0.1) is 17.9 Å². The summed E-state index contributed by atoms with van der Waals surface area (Å²) in [6.07, 6.45) is 8.85. The lowest BCUT2D eigenvalue weighted by atomic mass is 10.0. The van der Waals surface area contributed by atoms with E-state index in [-0.39, 0.29) is 17.8 Å². The van der Waals surface area contributed by atoms with Gasteiger partial charge in [-0.3, -0.25) is 4.79 Å². The topological polar surface area (TPSA) is 38.1 Å². The number of likely N-dealkylation sites (tertiary alicyclic amines) is 1. The van der Waals surface area contributed by atoms with Crippen LogP contribution < -0.4 is 0 Å². The van der Waals surface area contributed by atoms with E-state index in [4.69, 9.17) is 0 Å². The van der Waals surface area contributed by atoms with E-state index in [2.05, 4.69) is 5.10 Å². The SMILES string of the molecule is O=C(/C=C/c1cnn(-c2ccccc2)c1)N1CCCC1c1ccc(F)cc1. The van der Waals surface area contributed by atoms with E-state index >= 15 is 0 Å². The number of amides is 1. The fourth-order valence-corrected chi connectivity index (χ4v) is 3.47. The Hall–Kier alpha value is -3.21. The third-order valence-corrected chi connectivity index (χ3v) is 4.83. The second kappa shape index (κ2) is 7.58. The van der Waals surface area contributed by atoms with Crippen molar-refractivity contribution in [3.8, 4) is 5.69 Å². The lowest BCUT2D eigenvalue weighted by molar-refractivity contribution is -0.126. The van der Waals surface area contributed by atoms with Crippen LogP contribution in [0.25, 0.3) is 11.8 Å². The van der Waals surface area contributed by atoms with Crippen LogP contribution in [0.3, 0.4) is 0 Å². The zero-order valence-corrected chi connectivity index (χ0v) is 14.8. The summed E-state index contributed by atoms with van der Waals surface area (Å²) >= 11 is 0. The largest absolute Gasteiger partial charge is 0.332 e. The Morgan fingerprint density at radius 3 is 2.67 bits per heavy atom. The van der Waals surface area contributed by atoms with Crippen LogP contribution in [0, 0.1) is 5.82 Å². The Bertz CT molecular complexity index is 947. The molecule has 4 rings (SSSR count). The quantitative estimate of drug-likeness (QED) is 0.647. The van der Waals surface area contributed by atoms with Gasteiger partial charge in [0, 0.05) is 24.4 Å². The summed E-state index contributed by atoms with van der Waals surface area (Å²) in [4.78, 5) is 14.5. The van der Waals surface area contributed by atoms with Gasteiger partial charge < -0.3 is 4.90 Å². The first kappa shape index (κ1) is 17.2. The first-order chi connectivity index (χ1) is 13.2. The van der Waals surface area contributed by atoms with Gasteiger partial charge >= 0.3 is 0 Å². The number of hydrogen-bond donors (Lipinski definition) is 0. The van der Waals surface area contributed by atoms with E-state index < -0.39 is 0 Å². The number of aromatic nitrogens is 2. The number of carbonyl (C=O) groups excluding carboxylic acids is 1. The van der Waals surface area contributed by atoms with Crippen molar-refractivity contribution in [1.29, 1.82) is 0 Å². The molecule has 1 fully saturated rings. The molecule has 1 aromatic heterocycles. The highest BCUT2D eigenvalue weighted by Crippen LogP contribution is 2.32. The van der Waals surface area contributed by atoms with Crippen LogP contribution in [0.2, 0.25) is 0 Å². The van der Waals surface area contributed by atoms with Gasteiger partial charge in [-0.15, -0.1) is 0 Å². The lowest BCUT2D eigenvalue weighted by Gasteiger charge is -2.23. The van der Waals surface area contributed by atoms with Gasteiger partial charge in [0.2, 0.25) is 5.91 Å². The van der Waals surface area contributed by atoms with Crippen molar-refractivity contribution in [2.75, 3.05) is 6.54 Å². The van der Waals surface area contributed by atoms with Crippen molar-refractivity contribution in [3.63, 3.8) is 0 Å². The lowest BCUT2D eigenvalue weighted by Crippen LogP contribution is -2.28. The van der Waals surface area contributed by atoms with E-state index in [1.807, 2.05) is 41.4 Å². The molecule has 0 spiro atoms. The number of rotatable bonds is 4. The molecule has 27 heavy (non-hydrogen) atoms. The van der Waals surface area contributed by atoms with Gasteiger partial charge in [-0.05, 0) is 48.7 Å². The standard InChI is InChI=1S/C22H20FN3O/c23-19-11-9-18(10-12-19)21-7-4-14-25(21)22(27)13-8-17-15-24-26(16-17)20-5-2-1-3-6-20/h1-3,5-6,8-13,15-16,21H,4,7,14H2/b13-8+. The van der Waals surface area contributed by atoms with Crippen LogP contribution in [0.5, 0.6) is 0 Å². The summed E-state index contributed by atoms with van der Waals surface area (Å²) in [6, 6.07) is 16.3. The van der Waals surface area contributed by atoms with Crippen molar-refractivity contribution in [2.24, 2.45) is 0 Å². The normalized spacial score (nSPS) is 16.9. The average molecular weight is 361 g/mol. The number of para-hydroxylation sites is 1. The molecule has 0 N–H and O–H groups in total. The summed E-state index contributed by atoms with van der Waals surface area (Å²) in [5.74, 6) is -0.292. The van der Waals surface area contributed by atoms with Gasteiger partial charge in [-0.2, -0.15) is 5.10 Å². The second-order valence-electron chi connectivity index (χ2n) is 6.63. The minimum Gasteiger partial charge on any atom is -0.332 e. The van der Waals surface area contributed by atoms with Crippen LogP contribution in [0.4, 0.5) is 4.39 Å². The summed E-state index contributed by atoms with van der Waals surface area (Å²) in [7, 11) is 0. The highest BCUT2D eigenvalue weighted by Gasteiger charge is 2.28. The number of hydrogen-bond acceptors (Lipinski definition) is 2. The number of benzene rings is 2. The first-order valence-corrected chi connectivity index (χ1v) is 9.05. The summed E-state index contributed by atoms with van der Waals surface area (Å²) in [6.45, 7) is 0.717. The molecule has 2 heterocycles. The summed E-state index contributed by atoms with van der Waals surface area (Å²) in [5.41, 5.74) is 2.82. The minimum absolute atomic E-state index is 0.00907. The predicted molar refractivity (Wildman–Crippen MR) is 103 cm³/mol. The van der Waals surface area contributed by atoms with Crippen LogP contribution in [0.1, 0.15) is 30.0 Å². The maximum Gasteiger partial charge on any atom is 0.247 e. The number of carbonyl (C=O) groups is 1.